The highest BCUT2D eigenvalue weighted by Gasteiger charge is 2.26. The topological polar surface area (TPSA) is 92.4 Å². The van der Waals surface area contributed by atoms with E-state index >= 15 is 0 Å². The van der Waals surface area contributed by atoms with Crippen molar-refractivity contribution in [2.45, 2.75) is 26.8 Å². The Bertz CT molecular complexity index is 646. The van der Waals surface area contributed by atoms with Gasteiger partial charge < -0.3 is 14.8 Å². The number of aromatic nitrogens is 1. The van der Waals surface area contributed by atoms with E-state index in [4.69, 9.17) is 9.52 Å². The van der Waals surface area contributed by atoms with Gasteiger partial charge in [-0.15, -0.1) is 11.3 Å². The second kappa shape index (κ2) is 6.09. The first kappa shape index (κ1) is 15.2. The fraction of sp³-hybridized carbons (Fsp3) is 0.357. The molecule has 2 rings (SSSR count). The highest BCUT2D eigenvalue weighted by molar-refractivity contribution is 7.15. The summed E-state index contributed by atoms with van der Waals surface area (Å²) in [4.78, 5) is 28.3. The Balaban J connectivity index is 2.22. The van der Waals surface area contributed by atoms with Crippen molar-refractivity contribution < 1.29 is 19.1 Å². The largest absolute Gasteiger partial charge is 0.480 e. The zero-order chi connectivity index (χ0) is 15.6. The number of thiazole rings is 1. The lowest BCUT2D eigenvalue weighted by Gasteiger charge is -2.17. The van der Waals surface area contributed by atoms with Crippen LogP contribution in [-0.2, 0) is 4.79 Å². The second-order valence-corrected chi connectivity index (χ2v) is 6.14. The van der Waals surface area contributed by atoms with Crippen molar-refractivity contribution in [1.82, 2.24) is 10.3 Å². The number of rotatable bonds is 5. The van der Waals surface area contributed by atoms with Crippen molar-refractivity contribution in [2.75, 3.05) is 0 Å². The minimum Gasteiger partial charge on any atom is -0.480 e. The summed E-state index contributed by atoms with van der Waals surface area (Å²) in [5.74, 6) is -1.17. The summed E-state index contributed by atoms with van der Waals surface area (Å²) >= 11 is 1.33. The molecular weight excluding hydrogens is 292 g/mol. The summed E-state index contributed by atoms with van der Waals surface area (Å²) in [6.07, 6.45) is 1.53. The smallest absolute Gasteiger partial charge is 0.326 e. The molecule has 2 N–H and O–H groups in total. The summed E-state index contributed by atoms with van der Waals surface area (Å²) < 4.78 is 5.25. The van der Waals surface area contributed by atoms with E-state index in [1.807, 2.05) is 0 Å². The van der Waals surface area contributed by atoms with Gasteiger partial charge in [0.1, 0.15) is 11.7 Å². The normalized spacial score (nSPS) is 12.4. The van der Waals surface area contributed by atoms with Gasteiger partial charge in [-0.2, -0.15) is 0 Å². The van der Waals surface area contributed by atoms with Gasteiger partial charge in [-0.3, -0.25) is 4.79 Å². The fourth-order valence-corrected chi connectivity index (χ4v) is 2.71. The molecule has 1 atom stereocenters. The van der Waals surface area contributed by atoms with E-state index in [9.17, 15) is 9.59 Å². The third-order valence-electron chi connectivity index (χ3n) is 2.96. The van der Waals surface area contributed by atoms with Crippen molar-refractivity contribution in [2.24, 2.45) is 5.92 Å². The van der Waals surface area contributed by atoms with Gasteiger partial charge in [0.15, 0.2) is 10.8 Å². The van der Waals surface area contributed by atoms with Crippen LogP contribution < -0.4 is 5.32 Å². The second-order valence-electron chi connectivity index (χ2n) is 4.93. The lowest BCUT2D eigenvalue weighted by molar-refractivity contribution is -0.140. The van der Waals surface area contributed by atoms with Crippen LogP contribution in [0.4, 0.5) is 0 Å². The molecule has 6 nitrogen and oxygen atoms in total. The van der Waals surface area contributed by atoms with Gasteiger partial charge in [0.05, 0.1) is 6.26 Å². The maximum absolute atomic E-state index is 12.2. The summed E-state index contributed by atoms with van der Waals surface area (Å²) in [6, 6.07) is 2.56. The zero-order valence-corrected chi connectivity index (χ0v) is 12.7. The summed E-state index contributed by atoms with van der Waals surface area (Å²) in [5.41, 5.74) is 0.235. The minimum atomic E-state index is -1.06. The number of carbonyl (C=O) groups excluding carboxylic acids is 1. The Labute approximate surface area is 125 Å². The number of amides is 1. The van der Waals surface area contributed by atoms with Crippen LogP contribution >= 0.6 is 11.3 Å². The van der Waals surface area contributed by atoms with Crippen LogP contribution in [0.25, 0.3) is 10.8 Å². The first-order valence-electron chi connectivity index (χ1n) is 6.45. The molecule has 21 heavy (non-hydrogen) atoms. The van der Waals surface area contributed by atoms with E-state index in [-0.39, 0.29) is 11.6 Å². The van der Waals surface area contributed by atoms with E-state index in [0.29, 0.717) is 15.6 Å². The predicted octanol–water partition coefficient (Wildman–Crippen LogP) is 2.55. The standard InChI is InChI=1S/C14H16N2O4S/c1-7(2)10(14(18)19)15-12(17)11-8(3)21-13(16-11)9-5-4-6-20-9/h4-7,10H,1-3H3,(H,15,17)(H,18,19)/t10-/m0/s1. The van der Waals surface area contributed by atoms with Crippen LogP contribution in [0.15, 0.2) is 22.8 Å². The highest BCUT2D eigenvalue weighted by Crippen LogP contribution is 2.27. The van der Waals surface area contributed by atoms with Gasteiger partial charge in [-0.05, 0) is 25.0 Å². The zero-order valence-electron chi connectivity index (χ0n) is 11.9. The molecule has 112 valence electrons. The molecule has 0 unspecified atom stereocenters. The molecule has 0 saturated heterocycles. The van der Waals surface area contributed by atoms with Crippen LogP contribution in [0.1, 0.15) is 29.2 Å². The molecule has 0 spiro atoms. The molecule has 0 saturated carbocycles. The van der Waals surface area contributed by atoms with Crippen molar-refractivity contribution in [1.29, 1.82) is 0 Å². The Morgan fingerprint density at radius 1 is 1.43 bits per heavy atom. The van der Waals surface area contributed by atoms with Crippen molar-refractivity contribution in [3.05, 3.63) is 29.0 Å². The number of aliphatic carboxylic acids is 1. The van der Waals surface area contributed by atoms with Gasteiger partial charge >= 0.3 is 5.97 Å². The molecule has 0 aliphatic rings. The van der Waals surface area contributed by atoms with Crippen molar-refractivity contribution in [3.8, 4) is 10.8 Å². The molecule has 0 bridgehead atoms. The monoisotopic (exact) mass is 308 g/mol. The number of carbonyl (C=O) groups is 2. The predicted molar refractivity (Wildman–Crippen MR) is 78.3 cm³/mol. The Hall–Kier alpha value is -2.15. The average Bonchev–Trinajstić information content (AvgIpc) is 3.03. The Morgan fingerprint density at radius 3 is 2.67 bits per heavy atom. The number of hydrogen-bond donors (Lipinski definition) is 2. The van der Waals surface area contributed by atoms with E-state index < -0.39 is 17.9 Å². The third kappa shape index (κ3) is 3.30. The number of carboxylic acids is 1. The Kier molecular flexibility index (Phi) is 4.42. The molecule has 0 radical (unpaired) electrons. The van der Waals surface area contributed by atoms with E-state index in [0.717, 1.165) is 0 Å². The molecule has 7 heteroatoms. The lowest BCUT2D eigenvalue weighted by atomic mass is 10.0. The molecule has 2 heterocycles. The van der Waals surface area contributed by atoms with Crippen LogP contribution in [-0.4, -0.2) is 28.0 Å². The van der Waals surface area contributed by atoms with Crippen LogP contribution in [0, 0.1) is 12.8 Å². The SMILES string of the molecule is Cc1sc(-c2ccco2)nc1C(=O)N[C@H](C(=O)O)C(C)C. The summed E-state index contributed by atoms with van der Waals surface area (Å²) in [7, 11) is 0. The van der Waals surface area contributed by atoms with Crippen molar-refractivity contribution >= 4 is 23.2 Å². The molecule has 1 amide bonds. The Morgan fingerprint density at radius 2 is 2.14 bits per heavy atom. The van der Waals surface area contributed by atoms with Crippen molar-refractivity contribution in [3.63, 3.8) is 0 Å². The number of aryl methyl sites for hydroxylation is 1. The van der Waals surface area contributed by atoms with Crippen LogP contribution in [0.5, 0.6) is 0 Å². The number of nitrogens with one attached hydrogen (secondary N) is 1. The average molecular weight is 308 g/mol. The quantitative estimate of drug-likeness (QED) is 0.885. The molecule has 0 aromatic carbocycles. The maximum Gasteiger partial charge on any atom is 0.326 e. The highest BCUT2D eigenvalue weighted by atomic mass is 32.1. The maximum atomic E-state index is 12.2. The van der Waals surface area contributed by atoms with Crippen LogP contribution in [0.3, 0.4) is 0 Å². The van der Waals surface area contributed by atoms with E-state index in [2.05, 4.69) is 10.3 Å². The number of hydrogen-bond acceptors (Lipinski definition) is 5. The van der Waals surface area contributed by atoms with Gasteiger partial charge in [0.25, 0.3) is 5.91 Å². The number of nitrogens with zero attached hydrogens (tertiary/aromatic N) is 1. The summed E-state index contributed by atoms with van der Waals surface area (Å²) in [5, 5.41) is 12.2. The number of carboxylic acid groups (broad SMARTS) is 1. The van der Waals surface area contributed by atoms with Gasteiger partial charge in [-0.1, -0.05) is 13.8 Å². The lowest BCUT2D eigenvalue weighted by Crippen LogP contribution is -2.44. The van der Waals surface area contributed by atoms with Gasteiger partial charge in [0.2, 0.25) is 0 Å². The minimum absolute atomic E-state index is 0.213. The molecule has 0 fully saturated rings. The molecule has 2 aromatic rings. The molecule has 0 aliphatic carbocycles. The molecule has 0 aliphatic heterocycles. The molecular formula is C14H16N2O4S. The fourth-order valence-electron chi connectivity index (χ4n) is 1.84. The molecule has 2 aromatic heterocycles. The summed E-state index contributed by atoms with van der Waals surface area (Å²) in [6.45, 7) is 5.24. The van der Waals surface area contributed by atoms with E-state index in [1.54, 1.807) is 32.9 Å². The van der Waals surface area contributed by atoms with Gasteiger partial charge in [0, 0.05) is 4.88 Å². The number of furan rings is 1. The van der Waals surface area contributed by atoms with Crippen LogP contribution in [0.2, 0.25) is 0 Å². The third-order valence-corrected chi connectivity index (χ3v) is 3.95. The first-order valence-corrected chi connectivity index (χ1v) is 7.26. The first-order chi connectivity index (χ1) is 9.90. The van der Waals surface area contributed by atoms with Gasteiger partial charge in [-0.25, -0.2) is 9.78 Å². The van der Waals surface area contributed by atoms with E-state index in [1.165, 1.54) is 17.6 Å².